The lowest BCUT2D eigenvalue weighted by molar-refractivity contribution is -0.151. The molecular formula is C34H62N4O6. The zero-order valence-electron chi connectivity index (χ0n) is 29.0. The number of benzene rings is 1. The van der Waals surface area contributed by atoms with Crippen molar-refractivity contribution in [2.75, 3.05) is 20.1 Å². The smallest absolute Gasteiger partial charge is 0.328 e. The number of nitrogens with two attached hydrogens (primary N) is 1. The SMILES string of the molecule is C/C=C(/CC(C)N)c1ccccc1CC.CC.CC(C)OC(=O)C(CCC=O)NC(=O)CNC=O.CC=O.CCCCNC. The van der Waals surface area contributed by atoms with Crippen LogP contribution in [0.25, 0.3) is 5.57 Å². The Balaban J connectivity index is -0.000000275. The summed E-state index contributed by atoms with van der Waals surface area (Å²) >= 11 is 0. The Bertz CT molecular complexity index is 884. The van der Waals surface area contributed by atoms with E-state index in [0.29, 0.717) is 12.7 Å². The molecule has 2 atom stereocenters. The van der Waals surface area contributed by atoms with Crippen LogP contribution in [0, 0.1) is 0 Å². The van der Waals surface area contributed by atoms with Crippen molar-refractivity contribution in [2.45, 2.75) is 119 Å². The van der Waals surface area contributed by atoms with E-state index >= 15 is 0 Å². The van der Waals surface area contributed by atoms with Gasteiger partial charge in [0, 0.05) is 12.5 Å². The lowest BCUT2D eigenvalue weighted by Crippen LogP contribution is -2.45. The third kappa shape index (κ3) is 30.1. The van der Waals surface area contributed by atoms with Gasteiger partial charge in [-0.25, -0.2) is 4.79 Å². The topological polar surface area (TPSA) is 157 Å². The molecule has 0 spiro atoms. The van der Waals surface area contributed by atoms with Crippen LogP contribution in [-0.2, 0) is 35.1 Å². The summed E-state index contributed by atoms with van der Waals surface area (Å²) in [6.07, 6.45) is 8.59. The van der Waals surface area contributed by atoms with Crippen LogP contribution in [0.2, 0.25) is 0 Å². The molecule has 2 unspecified atom stereocenters. The molecule has 0 bridgehead atoms. The van der Waals surface area contributed by atoms with Gasteiger partial charge in [-0.05, 0) is 90.6 Å². The maximum absolute atomic E-state index is 11.6. The number of unbranched alkanes of at least 4 members (excludes halogenated alkanes) is 1. The van der Waals surface area contributed by atoms with Gasteiger partial charge < -0.3 is 36.0 Å². The first-order chi connectivity index (χ1) is 21.0. The van der Waals surface area contributed by atoms with E-state index in [1.807, 2.05) is 20.9 Å². The Morgan fingerprint density at radius 2 is 1.61 bits per heavy atom. The number of aryl methyl sites for hydroxylation is 1. The summed E-state index contributed by atoms with van der Waals surface area (Å²) in [6.45, 7) is 18.3. The number of amides is 2. The molecule has 254 valence electrons. The van der Waals surface area contributed by atoms with Crippen LogP contribution in [0.1, 0.15) is 106 Å². The van der Waals surface area contributed by atoms with Gasteiger partial charge in [-0.3, -0.25) is 9.59 Å². The predicted molar refractivity (Wildman–Crippen MR) is 182 cm³/mol. The maximum atomic E-state index is 11.6. The first-order valence-corrected chi connectivity index (χ1v) is 15.7. The van der Waals surface area contributed by atoms with Crippen molar-refractivity contribution in [1.82, 2.24) is 16.0 Å². The highest BCUT2D eigenvalue weighted by Gasteiger charge is 2.22. The number of rotatable bonds is 16. The standard InChI is InChI=1S/C14H21N.C11H18N2O5.C5H13N.C2H4O.C2H6/c1-4-12-8-6-7-9-14(12)13(5-2)10-11(3)15;1-8(2)18-11(17)9(4-3-5-14)13-10(16)6-12-7-15;1-3-4-5-6-2;1-2-3;1-2/h5-9,11H,4,10,15H2,1-3H3;5,7-9H,3-4,6H2,1-2H3,(H,12,15)(H,13,16);6H,3-5H2,1-2H3;2H,1H3;1-2H3/b13-5-;;;;. The summed E-state index contributed by atoms with van der Waals surface area (Å²) in [5, 5.41) is 7.64. The van der Waals surface area contributed by atoms with Gasteiger partial charge in [-0.2, -0.15) is 0 Å². The molecule has 5 N–H and O–H groups in total. The predicted octanol–water partition coefficient (Wildman–Crippen LogP) is 4.77. The fourth-order valence-corrected chi connectivity index (χ4v) is 3.40. The molecule has 44 heavy (non-hydrogen) atoms. The van der Waals surface area contributed by atoms with E-state index in [1.54, 1.807) is 13.8 Å². The first-order valence-electron chi connectivity index (χ1n) is 15.7. The van der Waals surface area contributed by atoms with Crippen LogP contribution < -0.4 is 21.7 Å². The highest BCUT2D eigenvalue weighted by molar-refractivity contribution is 5.86. The summed E-state index contributed by atoms with van der Waals surface area (Å²) in [7, 11) is 1.98. The van der Waals surface area contributed by atoms with E-state index < -0.39 is 17.9 Å². The average Bonchev–Trinajstić information content (AvgIpc) is 3.01. The molecule has 0 saturated heterocycles. The van der Waals surface area contributed by atoms with Crippen LogP contribution in [0.3, 0.4) is 0 Å². The van der Waals surface area contributed by atoms with E-state index in [1.165, 1.54) is 36.5 Å². The number of allylic oxidation sites excluding steroid dienone is 1. The number of carbonyl (C=O) groups is 5. The summed E-state index contributed by atoms with van der Waals surface area (Å²) in [5.41, 5.74) is 9.99. The largest absolute Gasteiger partial charge is 0.461 e. The van der Waals surface area contributed by atoms with Crippen molar-refractivity contribution < 1.29 is 28.7 Å². The quantitative estimate of drug-likeness (QED) is 0.117. The molecule has 1 aromatic carbocycles. The molecule has 0 fully saturated rings. The van der Waals surface area contributed by atoms with Crippen LogP contribution in [-0.4, -0.2) is 69.2 Å². The number of hydrogen-bond donors (Lipinski definition) is 4. The monoisotopic (exact) mass is 622 g/mol. The molecule has 0 aliphatic heterocycles. The van der Waals surface area contributed by atoms with Crippen molar-refractivity contribution in [3.05, 3.63) is 41.5 Å². The van der Waals surface area contributed by atoms with Gasteiger partial charge in [0.15, 0.2) is 0 Å². The maximum Gasteiger partial charge on any atom is 0.328 e. The molecule has 1 rings (SSSR count). The van der Waals surface area contributed by atoms with E-state index in [4.69, 9.17) is 15.3 Å². The van der Waals surface area contributed by atoms with E-state index in [2.05, 4.69) is 74.0 Å². The Morgan fingerprint density at radius 1 is 1.02 bits per heavy atom. The lowest BCUT2D eigenvalue weighted by Gasteiger charge is -2.18. The van der Waals surface area contributed by atoms with Gasteiger partial charge in [0.2, 0.25) is 12.3 Å². The second-order valence-electron chi connectivity index (χ2n) is 9.55. The van der Waals surface area contributed by atoms with Crippen molar-refractivity contribution in [3.8, 4) is 0 Å². The number of hydrogen-bond acceptors (Lipinski definition) is 8. The molecule has 0 heterocycles. The van der Waals surface area contributed by atoms with E-state index in [9.17, 15) is 19.2 Å². The van der Waals surface area contributed by atoms with Gasteiger partial charge in [0.1, 0.15) is 18.6 Å². The van der Waals surface area contributed by atoms with Gasteiger partial charge in [-0.1, -0.05) is 64.5 Å². The fraction of sp³-hybridized carbons (Fsp3) is 0.618. The Morgan fingerprint density at radius 3 is 2.02 bits per heavy atom. The molecule has 0 aliphatic rings. The number of esters is 1. The van der Waals surface area contributed by atoms with Crippen LogP contribution in [0.15, 0.2) is 30.3 Å². The molecule has 0 aromatic heterocycles. The Hall–Kier alpha value is -3.37. The van der Waals surface area contributed by atoms with Crippen molar-refractivity contribution in [3.63, 3.8) is 0 Å². The highest BCUT2D eigenvalue weighted by atomic mass is 16.5. The van der Waals surface area contributed by atoms with Crippen LogP contribution in [0.4, 0.5) is 0 Å². The first kappa shape index (κ1) is 47.6. The number of carbonyl (C=O) groups excluding carboxylic acids is 5. The average molecular weight is 623 g/mol. The minimum atomic E-state index is -0.876. The van der Waals surface area contributed by atoms with Gasteiger partial charge in [0.25, 0.3) is 0 Å². The number of nitrogens with one attached hydrogen (secondary N) is 3. The molecule has 0 radical (unpaired) electrons. The zero-order valence-corrected chi connectivity index (χ0v) is 29.0. The molecule has 0 saturated carbocycles. The minimum Gasteiger partial charge on any atom is -0.461 e. The third-order valence-corrected chi connectivity index (χ3v) is 5.31. The summed E-state index contributed by atoms with van der Waals surface area (Å²) in [5.74, 6) is -1.11. The normalized spacial score (nSPS) is 11.1. The van der Waals surface area contributed by atoms with Crippen LogP contribution >= 0.6 is 0 Å². The fourth-order valence-electron chi connectivity index (χ4n) is 3.40. The van der Waals surface area contributed by atoms with E-state index in [0.717, 1.165) is 25.7 Å². The minimum absolute atomic E-state index is 0.138. The molecule has 10 nitrogen and oxygen atoms in total. The summed E-state index contributed by atoms with van der Waals surface area (Å²) in [4.78, 5) is 52.1. The van der Waals surface area contributed by atoms with Gasteiger partial charge in [-0.15, -0.1) is 0 Å². The number of aldehydes is 2. The lowest BCUT2D eigenvalue weighted by atomic mass is 9.94. The van der Waals surface area contributed by atoms with Gasteiger partial charge in [0.05, 0.1) is 12.6 Å². The number of ether oxygens (including phenoxy) is 1. The summed E-state index contributed by atoms with van der Waals surface area (Å²) in [6, 6.07) is 7.93. The molecular weight excluding hydrogens is 560 g/mol. The Labute approximate surface area is 267 Å². The van der Waals surface area contributed by atoms with Crippen molar-refractivity contribution >= 4 is 36.4 Å². The zero-order chi connectivity index (χ0) is 34.8. The van der Waals surface area contributed by atoms with Gasteiger partial charge >= 0.3 is 5.97 Å². The van der Waals surface area contributed by atoms with Crippen molar-refractivity contribution in [2.24, 2.45) is 5.73 Å². The molecule has 10 heteroatoms. The second-order valence-corrected chi connectivity index (χ2v) is 9.55. The van der Waals surface area contributed by atoms with Crippen molar-refractivity contribution in [1.29, 1.82) is 0 Å². The Kier molecular flexibility index (Phi) is 38.7. The highest BCUT2D eigenvalue weighted by Crippen LogP contribution is 2.23. The third-order valence-electron chi connectivity index (χ3n) is 5.31. The molecule has 1 aromatic rings. The summed E-state index contributed by atoms with van der Waals surface area (Å²) < 4.78 is 4.96. The van der Waals surface area contributed by atoms with Crippen LogP contribution in [0.5, 0.6) is 0 Å². The van der Waals surface area contributed by atoms with E-state index in [-0.39, 0.29) is 31.5 Å². The second kappa shape index (κ2) is 35.8. The molecule has 0 aliphatic carbocycles. The molecule has 2 amide bonds.